The predicted octanol–water partition coefficient (Wildman–Crippen LogP) is 8.71. The van der Waals surface area contributed by atoms with Crippen molar-refractivity contribution in [2.45, 2.75) is 33.4 Å². The number of nitrogens with zero attached hydrogens (tertiary/aromatic N) is 3. The molecule has 0 aliphatic carbocycles. The number of piperazine rings is 1. The van der Waals surface area contributed by atoms with Crippen LogP contribution >= 0.6 is 11.6 Å². The Morgan fingerprint density at radius 2 is 1.46 bits per heavy atom. The van der Waals surface area contributed by atoms with Crippen LogP contribution in [0.3, 0.4) is 0 Å². The minimum atomic E-state index is -0.0103. The summed E-state index contributed by atoms with van der Waals surface area (Å²) in [5.74, 6) is 3.23. The molecule has 0 unspecified atom stereocenters. The highest BCUT2D eigenvalue weighted by molar-refractivity contribution is 6.32. The van der Waals surface area contributed by atoms with Crippen LogP contribution < -0.4 is 18.9 Å². The fourth-order valence-electron chi connectivity index (χ4n) is 5.88. The quantitative estimate of drug-likeness (QED) is 0.106. The van der Waals surface area contributed by atoms with Gasteiger partial charge in [0.05, 0.1) is 24.9 Å². The lowest BCUT2D eigenvalue weighted by molar-refractivity contribution is -0.127. The van der Waals surface area contributed by atoms with E-state index >= 15 is 0 Å². The van der Waals surface area contributed by atoms with E-state index in [0.29, 0.717) is 48.7 Å². The average Bonchev–Trinajstić information content (AvgIpc) is 3.17. The summed E-state index contributed by atoms with van der Waals surface area (Å²) in [6.45, 7) is 8.91. The Morgan fingerprint density at radius 3 is 2.13 bits per heavy atom. The zero-order valence-corrected chi connectivity index (χ0v) is 30.6. The van der Waals surface area contributed by atoms with E-state index in [2.05, 4.69) is 53.2 Å². The zero-order valence-electron chi connectivity index (χ0n) is 29.9. The normalized spacial score (nSPS) is 13.3. The summed E-state index contributed by atoms with van der Waals surface area (Å²) in [5, 5.41) is 0.442. The van der Waals surface area contributed by atoms with Gasteiger partial charge in [-0.1, -0.05) is 65.7 Å². The Balaban J connectivity index is 0.926. The first-order valence-electron chi connectivity index (χ1n) is 17.5. The van der Waals surface area contributed by atoms with Crippen molar-refractivity contribution in [3.8, 4) is 28.9 Å². The summed E-state index contributed by atoms with van der Waals surface area (Å²) >= 11 is 6.63. The van der Waals surface area contributed by atoms with Crippen molar-refractivity contribution in [3.63, 3.8) is 0 Å². The highest BCUT2D eigenvalue weighted by Gasteiger charge is 2.20. The zero-order chi connectivity index (χ0) is 36.3. The van der Waals surface area contributed by atoms with Gasteiger partial charge in [-0.05, 0) is 90.2 Å². The molecule has 6 rings (SSSR count). The van der Waals surface area contributed by atoms with Crippen LogP contribution in [0.5, 0.6) is 28.9 Å². The fourth-order valence-corrected chi connectivity index (χ4v) is 6.19. The van der Waals surface area contributed by atoms with E-state index in [1.54, 1.807) is 37.6 Å². The SMILES string of the molecule is COc1ccc(OCCc2ccc(CN3CCN(C(=O)/C=C/c4cc(C)c(Oc5ccc(OCc6ccc(C)cc6)cn5)c(Cl)c4)CC3)cc2)cc1. The molecule has 0 saturated carbocycles. The highest BCUT2D eigenvalue weighted by atomic mass is 35.5. The maximum atomic E-state index is 13.1. The Kier molecular flexibility index (Phi) is 12.5. The number of hydrogen-bond donors (Lipinski definition) is 0. The number of methoxy groups -OCH3 is 1. The first-order chi connectivity index (χ1) is 25.3. The number of aromatic nitrogens is 1. The van der Waals surface area contributed by atoms with Gasteiger partial charge in [-0.2, -0.15) is 0 Å². The third-order valence-electron chi connectivity index (χ3n) is 8.94. The minimum absolute atomic E-state index is 0.0103. The second-order valence-corrected chi connectivity index (χ2v) is 13.3. The van der Waals surface area contributed by atoms with Crippen LogP contribution in [-0.4, -0.2) is 60.6 Å². The van der Waals surface area contributed by atoms with Gasteiger partial charge in [0.1, 0.15) is 23.9 Å². The summed E-state index contributed by atoms with van der Waals surface area (Å²) in [6.07, 6.45) is 5.90. The maximum absolute atomic E-state index is 13.1. The molecule has 1 saturated heterocycles. The van der Waals surface area contributed by atoms with E-state index in [9.17, 15) is 4.79 Å². The summed E-state index contributed by atoms with van der Waals surface area (Å²) < 4.78 is 23.0. The van der Waals surface area contributed by atoms with Gasteiger partial charge in [0, 0.05) is 51.3 Å². The lowest BCUT2D eigenvalue weighted by atomic mass is 10.1. The molecular formula is C43H44ClN3O5. The summed E-state index contributed by atoms with van der Waals surface area (Å²) in [4.78, 5) is 21.7. The highest BCUT2D eigenvalue weighted by Crippen LogP contribution is 2.34. The Bertz CT molecular complexity index is 1920. The number of ether oxygens (including phenoxy) is 4. The van der Waals surface area contributed by atoms with Gasteiger partial charge in [-0.25, -0.2) is 4.98 Å². The largest absolute Gasteiger partial charge is 0.497 e. The molecule has 52 heavy (non-hydrogen) atoms. The molecular weight excluding hydrogens is 674 g/mol. The lowest BCUT2D eigenvalue weighted by Gasteiger charge is -2.34. The fraction of sp³-hybridized carbons (Fsp3) is 0.256. The van der Waals surface area contributed by atoms with Crippen molar-refractivity contribution in [2.24, 2.45) is 0 Å². The van der Waals surface area contributed by atoms with Crippen molar-refractivity contribution in [3.05, 3.63) is 148 Å². The third-order valence-corrected chi connectivity index (χ3v) is 9.22. The van der Waals surface area contributed by atoms with Crippen LogP contribution in [0.1, 0.15) is 33.4 Å². The molecule has 1 fully saturated rings. The van der Waals surface area contributed by atoms with Crippen molar-refractivity contribution >= 4 is 23.6 Å². The van der Waals surface area contributed by atoms with Crippen LogP contribution in [0.2, 0.25) is 5.02 Å². The number of halogens is 1. The van der Waals surface area contributed by atoms with Crippen molar-refractivity contribution in [2.75, 3.05) is 39.9 Å². The second kappa shape index (κ2) is 17.8. The molecule has 1 aliphatic heterocycles. The number of carbonyl (C=O) groups excluding carboxylic acids is 1. The van der Waals surface area contributed by atoms with Crippen LogP contribution in [0.4, 0.5) is 0 Å². The molecule has 0 radical (unpaired) electrons. The van der Waals surface area contributed by atoms with Gasteiger partial charge in [-0.15, -0.1) is 0 Å². The van der Waals surface area contributed by atoms with Crippen LogP contribution in [0.15, 0.2) is 109 Å². The van der Waals surface area contributed by atoms with Crippen molar-refractivity contribution < 1.29 is 23.7 Å². The molecule has 0 N–H and O–H groups in total. The standard InChI is InChI=1S/C43H44ClN3O5/c1-31-4-6-35(7-5-31)30-51-39-17-18-41(45-28-39)52-43-32(2)26-36(27-40(43)44)12-19-42(48)47-23-21-46(22-24-47)29-34-10-8-33(9-11-34)20-25-50-38-15-13-37(49-3)14-16-38/h4-19,26-28H,20-25,29-30H2,1-3H3/b19-12+. The van der Waals surface area contributed by atoms with E-state index in [1.807, 2.05) is 60.4 Å². The number of benzene rings is 4. The summed E-state index contributed by atoms with van der Waals surface area (Å²) in [7, 11) is 1.65. The molecule has 9 heteroatoms. The van der Waals surface area contributed by atoms with E-state index in [0.717, 1.165) is 54.2 Å². The summed E-state index contributed by atoms with van der Waals surface area (Å²) in [5.41, 5.74) is 6.46. The predicted molar refractivity (Wildman–Crippen MR) is 206 cm³/mol. The number of pyridine rings is 1. The Hall–Kier alpha value is -5.31. The molecule has 0 atom stereocenters. The molecule has 1 aliphatic rings. The molecule has 4 aromatic carbocycles. The van der Waals surface area contributed by atoms with E-state index in [-0.39, 0.29) is 5.91 Å². The molecule has 8 nitrogen and oxygen atoms in total. The Morgan fingerprint density at radius 1 is 0.788 bits per heavy atom. The molecule has 1 aromatic heterocycles. The second-order valence-electron chi connectivity index (χ2n) is 12.9. The molecule has 5 aromatic rings. The molecule has 268 valence electrons. The van der Waals surface area contributed by atoms with Crippen molar-refractivity contribution in [1.82, 2.24) is 14.8 Å². The van der Waals surface area contributed by atoms with Crippen LogP contribution in [0, 0.1) is 13.8 Å². The average molecular weight is 718 g/mol. The van der Waals surface area contributed by atoms with Gasteiger partial charge in [0.2, 0.25) is 11.8 Å². The number of amides is 1. The molecule has 2 heterocycles. The first kappa shape index (κ1) is 36.5. The minimum Gasteiger partial charge on any atom is -0.497 e. The maximum Gasteiger partial charge on any atom is 0.246 e. The van der Waals surface area contributed by atoms with E-state index < -0.39 is 0 Å². The van der Waals surface area contributed by atoms with E-state index in [1.165, 1.54) is 16.7 Å². The van der Waals surface area contributed by atoms with E-state index in [4.69, 9.17) is 30.5 Å². The molecule has 0 bridgehead atoms. The van der Waals surface area contributed by atoms with Crippen molar-refractivity contribution in [1.29, 1.82) is 0 Å². The smallest absolute Gasteiger partial charge is 0.246 e. The van der Waals surface area contributed by atoms with Gasteiger partial charge in [0.25, 0.3) is 0 Å². The van der Waals surface area contributed by atoms with Crippen LogP contribution in [0.25, 0.3) is 6.08 Å². The first-order valence-corrected chi connectivity index (χ1v) is 17.9. The number of aryl methyl sites for hydroxylation is 2. The molecule has 1 amide bonds. The number of carbonyl (C=O) groups is 1. The monoisotopic (exact) mass is 717 g/mol. The molecule has 0 spiro atoms. The van der Waals surface area contributed by atoms with Crippen LogP contribution in [-0.2, 0) is 24.4 Å². The third kappa shape index (κ3) is 10.4. The number of rotatable bonds is 14. The Labute approximate surface area is 311 Å². The van der Waals surface area contributed by atoms with Gasteiger partial charge in [0.15, 0.2) is 5.75 Å². The lowest BCUT2D eigenvalue weighted by Crippen LogP contribution is -2.47. The number of hydrogen-bond acceptors (Lipinski definition) is 7. The topological polar surface area (TPSA) is 73.4 Å². The van der Waals surface area contributed by atoms with Gasteiger partial charge < -0.3 is 23.8 Å². The van der Waals surface area contributed by atoms with Gasteiger partial charge in [-0.3, -0.25) is 9.69 Å². The summed E-state index contributed by atoms with van der Waals surface area (Å²) in [6, 6.07) is 31.9. The van der Waals surface area contributed by atoms with Gasteiger partial charge >= 0.3 is 0 Å².